The number of rotatable bonds is 2. The largest absolute Gasteiger partial charge is 0.464 e. The number of carbonyl (C=O) groups excluding carboxylic acids is 1. The van der Waals surface area contributed by atoms with Gasteiger partial charge in [-0.2, -0.15) is 0 Å². The molecular formula is C15H19N3O2. The van der Waals surface area contributed by atoms with E-state index >= 15 is 0 Å². The second kappa shape index (κ2) is 5.23. The summed E-state index contributed by atoms with van der Waals surface area (Å²) < 4.78 is 4.71. The summed E-state index contributed by atoms with van der Waals surface area (Å²) in [5.74, 6) is 1.82. The molecule has 5 nitrogen and oxygen atoms in total. The van der Waals surface area contributed by atoms with Crippen LogP contribution in [-0.2, 0) is 4.74 Å². The van der Waals surface area contributed by atoms with Gasteiger partial charge in [-0.3, -0.25) is 0 Å². The van der Waals surface area contributed by atoms with Crippen molar-refractivity contribution in [3.63, 3.8) is 0 Å². The molecule has 0 radical (unpaired) electrons. The number of ether oxygens (including phenoxy) is 1. The molecule has 1 aromatic heterocycles. The summed E-state index contributed by atoms with van der Waals surface area (Å²) in [6.07, 6.45) is 6.12. The maximum atomic E-state index is 11.5. The van der Waals surface area contributed by atoms with Gasteiger partial charge in [0, 0.05) is 19.2 Å². The Labute approximate surface area is 118 Å². The molecule has 106 valence electrons. The van der Waals surface area contributed by atoms with Crippen molar-refractivity contribution in [2.75, 3.05) is 25.1 Å². The first-order chi connectivity index (χ1) is 9.67. The third kappa shape index (κ3) is 2.40. The quantitative estimate of drug-likeness (QED) is 0.610. The minimum absolute atomic E-state index is 0.321. The molecule has 20 heavy (non-hydrogen) atoms. The maximum Gasteiger partial charge on any atom is 0.356 e. The van der Waals surface area contributed by atoms with Crippen LogP contribution in [0.3, 0.4) is 0 Å². The minimum Gasteiger partial charge on any atom is -0.464 e. The number of hydrogen-bond acceptors (Lipinski definition) is 5. The number of allylic oxidation sites excluding steroid dienone is 2. The highest BCUT2D eigenvalue weighted by Gasteiger charge is 2.34. The van der Waals surface area contributed by atoms with Crippen LogP contribution in [-0.4, -0.2) is 36.1 Å². The van der Waals surface area contributed by atoms with Gasteiger partial charge in [-0.25, -0.2) is 14.8 Å². The predicted molar refractivity (Wildman–Crippen MR) is 75.6 cm³/mol. The van der Waals surface area contributed by atoms with Gasteiger partial charge in [0.05, 0.1) is 7.11 Å². The molecule has 2 heterocycles. The van der Waals surface area contributed by atoms with Crippen LogP contribution in [0, 0.1) is 11.8 Å². The number of nitrogens with zero attached hydrogens (tertiary/aromatic N) is 3. The van der Waals surface area contributed by atoms with E-state index in [0.717, 1.165) is 25.3 Å². The molecule has 0 N–H and O–H groups in total. The maximum absolute atomic E-state index is 11.5. The molecule has 5 heteroatoms. The smallest absolute Gasteiger partial charge is 0.356 e. The number of hydrogen-bond donors (Lipinski definition) is 0. The SMILES string of the molecule is COC(=O)c1cc(N2C[C@H]3CC(C)=CC[C@H]3C2)ncn1. The second-order valence-electron chi connectivity index (χ2n) is 5.67. The molecule has 0 spiro atoms. The van der Waals surface area contributed by atoms with E-state index in [1.807, 2.05) is 0 Å². The molecule has 0 amide bonds. The molecule has 1 aromatic rings. The van der Waals surface area contributed by atoms with Crippen LogP contribution >= 0.6 is 0 Å². The van der Waals surface area contributed by atoms with Crippen molar-refractivity contribution in [1.29, 1.82) is 0 Å². The lowest BCUT2D eigenvalue weighted by molar-refractivity contribution is 0.0594. The fourth-order valence-corrected chi connectivity index (χ4v) is 3.21. The summed E-state index contributed by atoms with van der Waals surface area (Å²) in [5, 5.41) is 0. The molecule has 2 atom stereocenters. The molecule has 1 fully saturated rings. The van der Waals surface area contributed by atoms with Gasteiger partial charge in [-0.05, 0) is 31.6 Å². The van der Waals surface area contributed by atoms with Gasteiger partial charge in [-0.15, -0.1) is 0 Å². The Bertz CT molecular complexity index is 556. The zero-order valence-corrected chi connectivity index (χ0v) is 11.9. The van der Waals surface area contributed by atoms with E-state index in [9.17, 15) is 4.79 Å². The van der Waals surface area contributed by atoms with Gasteiger partial charge in [0.25, 0.3) is 0 Å². The van der Waals surface area contributed by atoms with E-state index in [1.54, 1.807) is 6.07 Å². The predicted octanol–water partition coefficient (Wildman–Crippen LogP) is 2.06. The van der Waals surface area contributed by atoms with E-state index in [-0.39, 0.29) is 0 Å². The van der Waals surface area contributed by atoms with Crippen LogP contribution in [0.2, 0.25) is 0 Å². The van der Waals surface area contributed by atoms with Crippen LogP contribution < -0.4 is 4.90 Å². The third-order valence-corrected chi connectivity index (χ3v) is 4.30. The Hall–Kier alpha value is -1.91. The van der Waals surface area contributed by atoms with Crippen LogP contribution in [0.25, 0.3) is 0 Å². The Morgan fingerprint density at radius 3 is 2.95 bits per heavy atom. The van der Waals surface area contributed by atoms with Gasteiger partial charge in [0.1, 0.15) is 12.1 Å². The molecule has 3 rings (SSSR count). The van der Waals surface area contributed by atoms with Crippen LogP contribution in [0.4, 0.5) is 5.82 Å². The number of fused-ring (bicyclic) bond motifs is 1. The van der Waals surface area contributed by atoms with E-state index < -0.39 is 5.97 Å². The number of esters is 1. The fraction of sp³-hybridized carbons (Fsp3) is 0.533. The molecule has 0 saturated carbocycles. The van der Waals surface area contributed by atoms with Gasteiger partial charge in [-0.1, -0.05) is 11.6 Å². The van der Waals surface area contributed by atoms with E-state index in [4.69, 9.17) is 4.74 Å². The Balaban J connectivity index is 1.77. The summed E-state index contributed by atoms with van der Waals surface area (Å²) >= 11 is 0. The zero-order chi connectivity index (χ0) is 14.1. The van der Waals surface area contributed by atoms with Gasteiger partial charge in [0.2, 0.25) is 0 Å². The molecule has 1 saturated heterocycles. The molecule has 1 aliphatic carbocycles. The lowest BCUT2D eigenvalue weighted by atomic mass is 9.83. The summed E-state index contributed by atoms with van der Waals surface area (Å²) in [5.41, 5.74) is 1.81. The van der Waals surface area contributed by atoms with Gasteiger partial charge >= 0.3 is 5.97 Å². The van der Waals surface area contributed by atoms with Crippen LogP contribution in [0.15, 0.2) is 24.0 Å². The van der Waals surface area contributed by atoms with Crippen molar-refractivity contribution in [3.05, 3.63) is 29.7 Å². The monoisotopic (exact) mass is 273 g/mol. The standard InChI is InChI=1S/C15H19N3O2/c1-10-3-4-11-7-18(8-12(11)5-10)14-6-13(15(19)20-2)16-9-17-14/h3,6,9,11-12H,4-5,7-8H2,1-2H3/t11-,12+/m0/s1. The average molecular weight is 273 g/mol. The number of anilines is 1. The summed E-state index contributed by atoms with van der Waals surface area (Å²) in [6, 6.07) is 1.73. The summed E-state index contributed by atoms with van der Waals surface area (Å²) in [4.78, 5) is 22.1. The molecule has 2 aliphatic rings. The molecule has 0 aromatic carbocycles. The summed E-state index contributed by atoms with van der Waals surface area (Å²) in [6.45, 7) is 4.22. The normalized spacial score (nSPS) is 25.1. The highest BCUT2D eigenvalue weighted by molar-refractivity contribution is 5.87. The fourth-order valence-electron chi connectivity index (χ4n) is 3.21. The topological polar surface area (TPSA) is 55.3 Å². The Morgan fingerprint density at radius 1 is 1.35 bits per heavy atom. The Kier molecular flexibility index (Phi) is 3.42. The van der Waals surface area contributed by atoms with Gasteiger partial charge < -0.3 is 9.64 Å². The van der Waals surface area contributed by atoms with Crippen molar-refractivity contribution in [1.82, 2.24) is 9.97 Å². The van der Waals surface area contributed by atoms with Crippen molar-refractivity contribution in [2.24, 2.45) is 11.8 Å². The lowest BCUT2D eigenvalue weighted by Gasteiger charge is -2.21. The first-order valence-corrected chi connectivity index (χ1v) is 6.98. The first-order valence-electron chi connectivity index (χ1n) is 6.98. The van der Waals surface area contributed by atoms with Crippen LogP contribution in [0.1, 0.15) is 30.3 Å². The first kappa shape index (κ1) is 13.1. The number of carbonyl (C=O) groups is 1. The second-order valence-corrected chi connectivity index (χ2v) is 5.67. The average Bonchev–Trinajstić information content (AvgIpc) is 2.89. The molecule has 0 unspecified atom stereocenters. The van der Waals surface area contributed by atoms with Crippen molar-refractivity contribution < 1.29 is 9.53 Å². The number of aromatic nitrogens is 2. The Morgan fingerprint density at radius 2 is 2.15 bits per heavy atom. The molecular weight excluding hydrogens is 254 g/mol. The highest BCUT2D eigenvalue weighted by atomic mass is 16.5. The lowest BCUT2D eigenvalue weighted by Crippen LogP contribution is -2.22. The van der Waals surface area contributed by atoms with Crippen molar-refractivity contribution >= 4 is 11.8 Å². The summed E-state index contributed by atoms with van der Waals surface area (Å²) in [7, 11) is 1.36. The zero-order valence-electron chi connectivity index (χ0n) is 11.9. The van der Waals surface area contributed by atoms with E-state index in [0.29, 0.717) is 17.5 Å². The third-order valence-electron chi connectivity index (χ3n) is 4.30. The van der Waals surface area contributed by atoms with E-state index in [1.165, 1.54) is 25.4 Å². The van der Waals surface area contributed by atoms with Crippen molar-refractivity contribution in [2.45, 2.75) is 19.8 Å². The minimum atomic E-state index is -0.414. The highest BCUT2D eigenvalue weighted by Crippen LogP contribution is 2.37. The van der Waals surface area contributed by atoms with E-state index in [2.05, 4.69) is 27.9 Å². The van der Waals surface area contributed by atoms with Crippen molar-refractivity contribution in [3.8, 4) is 0 Å². The van der Waals surface area contributed by atoms with Crippen LogP contribution in [0.5, 0.6) is 0 Å². The molecule has 1 aliphatic heterocycles. The van der Waals surface area contributed by atoms with Gasteiger partial charge in [0.15, 0.2) is 5.69 Å². The number of methoxy groups -OCH3 is 1. The molecule has 0 bridgehead atoms.